The summed E-state index contributed by atoms with van der Waals surface area (Å²) in [6, 6.07) is 10.2. The number of unbranched alkanes of at least 4 members (excludes halogenated alkanes) is 1. The number of nitrogens with zero attached hydrogens (tertiary/aromatic N) is 4. The quantitative estimate of drug-likeness (QED) is 0.733. The van der Waals surface area contributed by atoms with Crippen LogP contribution in [0.1, 0.15) is 55.0 Å². The van der Waals surface area contributed by atoms with Crippen LogP contribution in [0.5, 0.6) is 5.75 Å². The van der Waals surface area contributed by atoms with Gasteiger partial charge in [0.15, 0.2) is 5.69 Å². The van der Waals surface area contributed by atoms with Crippen molar-refractivity contribution in [2.45, 2.75) is 51.5 Å². The number of ether oxygens (including phenoxy) is 1. The average molecular weight is 310 g/mol. The van der Waals surface area contributed by atoms with Crippen LogP contribution >= 0.6 is 0 Å². The van der Waals surface area contributed by atoms with E-state index in [-0.39, 0.29) is 0 Å². The Bertz CT molecular complexity index is 697. The lowest BCUT2D eigenvalue weighted by atomic mass is 9.82. The number of hydrogen-bond donors (Lipinski definition) is 0. The smallest absolute Gasteiger partial charge is 0.186 e. The molecular weight excluding hydrogens is 288 g/mol. The average Bonchev–Trinajstić information content (AvgIpc) is 2.90. The molecule has 3 rings (SSSR count). The molecule has 5 nitrogen and oxygen atoms in total. The Morgan fingerprint density at radius 3 is 2.83 bits per heavy atom. The van der Waals surface area contributed by atoms with Crippen LogP contribution < -0.4 is 4.74 Å². The minimum atomic E-state index is 0.475. The molecule has 1 saturated carbocycles. The fraction of sp³-hybridized carbons (Fsp3) is 0.500. The molecule has 1 aliphatic rings. The summed E-state index contributed by atoms with van der Waals surface area (Å²) in [4.78, 5) is 0. The molecule has 1 aromatic carbocycles. The van der Waals surface area contributed by atoms with Gasteiger partial charge in [0.2, 0.25) is 0 Å². The van der Waals surface area contributed by atoms with Crippen molar-refractivity contribution in [2.75, 3.05) is 6.61 Å². The Morgan fingerprint density at radius 2 is 2.13 bits per heavy atom. The summed E-state index contributed by atoms with van der Waals surface area (Å²) in [6.45, 7) is 3.56. The molecule has 120 valence electrons. The second-order valence-corrected chi connectivity index (χ2v) is 6.11. The van der Waals surface area contributed by atoms with Crippen molar-refractivity contribution in [2.24, 2.45) is 0 Å². The fourth-order valence-electron chi connectivity index (χ4n) is 2.92. The molecule has 0 unspecified atom stereocenters. The SMILES string of the molecule is Cc1ccccc1OCCCCn1nnc(C#N)c1C1CCC1. The standard InChI is InChI=1S/C18H22N4O/c1-14-7-2-3-10-17(14)23-12-5-4-11-22-18(15-8-6-9-15)16(13-19)20-21-22/h2-3,7,10,15H,4-6,8-9,11-12H2,1H3. The highest BCUT2D eigenvalue weighted by Crippen LogP contribution is 2.37. The van der Waals surface area contributed by atoms with Gasteiger partial charge in [0.25, 0.3) is 0 Å². The molecule has 0 saturated heterocycles. The number of benzene rings is 1. The van der Waals surface area contributed by atoms with E-state index in [0.717, 1.165) is 49.2 Å². The number of aromatic nitrogens is 3. The van der Waals surface area contributed by atoms with Crippen LogP contribution in [0.15, 0.2) is 24.3 Å². The number of hydrogen-bond acceptors (Lipinski definition) is 4. The first-order valence-corrected chi connectivity index (χ1v) is 8.31. The van der Waals surface area contributed by atoms with Crippen molar-refractivity contribution in [3.05, 3.63) is 41.2 Å². The molecule has 0 aliphatic heterocycles. The van der Waals surface area contributed by atoms with E-state index in [9.17, 15) is 5.26 Å². The maximum absolute atomic E-state index is 9.18. The Hall–Kier alpha value is -2.35. The van der Waals surface area contributed by atoms with Gasteiger partial charge in [0.1, 0.15) is 11.8 Å². The summed E-state index contributed by atoms with van der Waals surface area (Å²) < 4.78 is 7.74. The Morgan fingerprint density at radius 1 is 1.30 bits per heavy atom. The second-order valence-electron chi connectivity index (χ2n) is 6.11. The van der Waals surface area contributed by atoms with Crippen LogP contribution in [-0.2, 0) is 6.54 Å². The Labute approximate surface area is 136 Å². The largest absolute Gasteiger partial charge is 0.493 e. The number of rotatable bonds is 7. The zero-order chi connectivity index (χ0) is 16.1. The molecule has 2 aromatic rings. The van der Waals surface area contributed by atoms with Gasteiger partial charge < -0.3 is 4.74 Å². The predicted molar refractivity (Wildman–Crippen MR) is 87.2 cm³/mol. The minimum absolute atomic E-state index is 0.475. The molecular formula is C18H22N4O. The summed E-state index contributed by atoms with van der Waals surface area (Å²) >= 11 is 0. The highest BCUT2D eigenvalue weighted by Gasteiger charge is 2.27. The van der Waals surface area contributed by atoms with Crippen molar-refractivity contribution >= 4 is 0 Å². The molecule has 1 aliphatic carbocycles. The number of aryl methyl sites for hydroxylation is 2. The predicted octanol–water partition coefficient (Wildman–Crippen LogP) is 3.58. The molecule has 0 bridgehead atoms. The van der Waals surface area contributed by atoms with Crippen LogP contribution in [0.3, 0.4) is 0 Å². The molecule has 23 heavy (non-hydrogen) atoms. The zero-order valence-corrected chi connectivity index (χ0v) is 13.5. The first kappa shape index (κ1) is 15.5. The second kappa shape index (κ2) is 7.28. The monoisotopic (exact) mass is 310 g/mol. The van der Waals surface area contributed by atoms with E-state index in [1.54, 1.807) is 0 Å². The van der Waals surface area contributed by atoms with Gasteiger partial charge in [0.05, 0.1) is 12.3 Å². The van der Waals surface area contributed by atoms with Crippen molar-refractivity contribution in [3.8, 4) is 11.8 Å². The molecule has 0 atom stereocenters. The molecule has 1 heterocycles. The van der Waals surface area contributed by atoms with Crippen LogP contribution in [0.2, 0.25) is 0 Å². The Balaban J connectivity index is 1.49. The topological polar surface area (TPSA) is 63.7 Å². The lowest BCUT2D eigenvalue weighted by Gasteiger charge is -2.25. The maximum atomic E-state index is 9.18. The number of para-hydroxylation sites is 1. The maximum Gasteiger partial charge on any atom is 0.186 e. The van der Waals surface area contributed by atoms with Crippen LogP contribution in [0, 0.1) is 18.3 Å². The van der Waals surface area contributed by atoms with E-state index in [2.05, 4.69) is 29.4 Å². The lowest BCUT2D eigenvalue weighted by Crippen LogP contribution is -2.16. The van der Waals surface area contributed by atoms with E-state index in [1.165, 1.54) is 6.42 Å². The van der Waals surface area contributed by atoms with Gasteiger partial charge in [-0.1, -0.05) is 29.8 Å². The Kier molecular flexibility index (Phi) is 4.92. The molecule has 0 spiro atoms. The van der Waals surface area contributed by atoms with Crippen LogP contribution in [0.25, 0.3) is 0 Å². The van der Waals surface area contributed by atoms with E-state index >= 15 is 0 Å². The first-order valence-electron chi connectivity index (χ1n) is 8.31. The minimum Gasteiger partial charge on any atom is -0.493 e. The van der Waals surface area contributed by atoms with Gasteiger partial charge in [-0.3, -0.25) is 0 Å². The molecule has 1 fully saturated rings. The van der Waals surface area contributed by atoms with E-state index in [4.69, 9.17) is 4.74 Å². The van der Waals surface area contributed by atoms with Gasteiger partial charge in [0, 0.05) is 12.5 Å². The number of nitriles is 1. The molecule has 1 aromatic heterocycles. The van der Waals surface area contributed by atoms with Crippen molar-refractivity contribution in [1.82, 2.24) is 15.0 Å². The third-order valence-corrected chi connectivity index (χ3v) is 4.49. The van der Waals surface area contributed by atoms with Crippen molar-refractivity contribution in [3.63, 3.8) is 0 Å². The molecule has 0 radical (unpaired) electrons. The fourth-order valence-corrected chi connectivity index (χ4v) is 2.92. The molecule has 0 N–H and O–H groups in total. The van der Waals surface area contributed by atoms with Gasteiger partial charge in [-0.25, -0.2) is 4.68 Å². The summed E-state index contributed by atoms with van der Waals surface area (Å²) in [7, 11) is 0. The van der Waals surface area contributed by atoms with E-state index < -0.39 is 0 Å². The van der Waals surface area contributed by atoms with Gasteiger partial charge >= 0.3 is 0 Å². The summed E-state index contributed by atoms with van der Waals surface area (Å²) in [5.41, 5.74) is 2.71. The van der Waals surface area contributed by atoms with Gasteiger partial charge in [-0.05, 0) is 44.2 Å². The normalized spacial score (nSPS) is 14.3. The lowest BCUT2D eigenvalue weighted by molar-refractivity contribution is 0.297. The van der Waals surface area contributed by atoms with Crippen LogP contribution in [-0.4, -0.2) is 21.6 Å². The van der Waals surface area contributed by atoms with Gasteiger partial charge in [-0.15, -0.1) is 5.10 Å². The van der Waals surface area contributed by atoms with Crippen molar-refractivity contribution < 1.29 is 4.74 Å². The summed E-state index contributed by atoms with van der Waals surface area (Å²) in [5, 5.41) is 17.4. The highest BCUT2D eigenvalue weighted by atomic mass is 16.5. The molecule has 5 heteroatoms. The zero-order valence-electron chi connectivity index (χ0n) is 13.5. The van der Waals surface area contributed by atoms with Crippen LogP contribution in [0.4, 0.5) is 0 Å². The summed E-state index contributed by atoms with van der Waals surface area (Å²) in [5.74, 6) is 1.43. The first-order chi connectivity index (χ1) is 11.3. The highest BCUT2D eigenvalue weighted by molar-refractivity contribution is 5.31. The summed E-state index contributed by atoms with van der Waals surface area (Å²) in [6.07, 6.45) is 5.47. The molecule has 0 amide bonds. The van der Waals surface area contributed by atoms with E-state index in [1.807, 2.05) is 22.9 Å². The van der Waals surface area contributed by atoms with Crippen molar-refractivity contribution in [1.29, 1.82) is 5.26 Å². The van der Waals surface area contributed by atoms with E-state index in [0.29, 0.717) is 18.2 Å². The van der Waals surface area contributed by atoms with Gasteiger partial charge in [-0.2, -0.15) is 5.26 Å². The third kappa shape index (κ3) is 3.53. The third-order valence-electron chi connectivity index (χ3n) is 4.49.